The third kappa shape index (κ3) is 3.22. The van der Waals surface area contributed by atoms with E-state index >= 15 is 0 Å². The summed E-state index contributed by atoms with van der Waals surface area (Å²) in [5.74, 6) is 1.21. The number of halogens is 1. The Morgan fingerprint density at radius 1 is 1.43 bits per heavy atom. The number of methoxy groups -OCH3 is 1. The average molecular weight is 331 g/mol. The lowest BCUT2D eigenvalue weighted by Crippen LogP contribution is -2.14. The Bertz CT molecular complexity index is 740. The van der Waals surface area contributed by atoms with E-state index in [2.05, 4.69) is 4.98 Å². The van der Waals surface area contributed by atoms with Crippen molar-refractivity contribution in [3.63, 3.8) is 0 Å². The van der Waals surface area contributed by atoms with Crippen LogP contribution in [-0.2, 0) is 21.0 Å². The van der Waals surface area contributed by atoms with Crippen molar-refractivity contribution in [2.45, 2.75) is 24.3 Å². The summed E-state index contributed by atoms with van der Waals surface area (Å²) >= 11 is 5.84. The molecule has 0 aliphatic rings. The first-order chi connectivity index (χ1) is 9.90. The summed E-state index contributed by atoms with van der Waals surface area (Å²) in [4.78, 5) is 4.77. The number of benzene rings is 1. The van der Waals surface area contributed by atoms with Gasteiger partial charge in [0.15, 0.2) is 9.84 Å². The lowest BCUT2D eigenvalue weighted by molar-refractivity contribution is 0.162. The maximum Gasteiger partial charge on any atom is 0.177 e. The van der Waals surface area contributed by atoms with Gasteiger partial charge in [0.2, 0.25) is 0 Å². The van der Waals surface area contributed by atoms with Gasteiger partial charge in [-0.2, -0.15) is 0 Å². The highest BCUT2D eigenvalue weighted by atomic mass is 35.5. The molecule has 21 heavy (non-hydrogen) atoms. The number of nitrogens with zero attached hydrogens (tertiary/aromatic N) is 2. The largest absolute Gasteiger partial charge is 0.383 e. The van der Waals surface area contributed by atoms with Gasteiger partial charge in [-0.15, -0.1) is 11.6 Å². The second-order valence-corrected chi connectivity index (χ2v) is 7.40. The number of rotatable bonds is 6. The van der Waals surface area contributed by atoms with Crippen LogP contribution in [0.3, 0.4) is 0 Å². The smallest absolute Gasteiger partial charge is 0.177 e. The Balaban J connectivity index is 2.74. The monoisotopic (exact) mass is 330 g/mol. The maximum atomic E-state index is 11.9. The van der Waals surface area contributed by atoms with Crippen LogP contribution in [0.2, 0.25) is 0 Å². The lowest BCUT2D eigenvalue weighted by atomic mass is 10.2. The molecule has 0 N–H and O–H groups in total. The normalized spacial score (nSPS) is 13.7. The van der Waals surface area contributed by atoms with Gasteiger partial charge in [0.25, 0.3) is 0 Å². The Morgan fingerprint density at radius 3 is 2.71 bits per heavy atom. The van der Waals surface area contributed by atoms with Crippen LogP contribution in [0.1, 0.15) is 18.8 Å². The highest BCUT2D eigenvalue weighted by Gasteiger charge is 2.20. The van der Waals surface area contributed by atoms with Gasteiger partial charge in [-0.25, -0.2) is 13.4 Å². The molecule has 1 atom stereocenters. The number of alkyl halides is 1. The Hall–Kier alpha value is -1.11. The van der Waals surface area contributed by atoms with Crippen LogP contribution < -0.4 is 0 Å². The van der Waals surface area contributed by atoms with E-state index in [1.165, 1.54) is 6.26 Å². The van der Waals surface area contributed by atoms with Crippen molar-refractivity contribution in [1.82, 2.24) is 9.55 Å². The van der Waals surface area contributed by atoms with Crippen molar-refractivity contribution in [2.75, 3.05) is 25.9 Å². The summed E-state index contributed by atoms with van der Waals surface area (Å²) in [6, 6.07) is 5.25. The van der Waals surface area contributed by atoms with E-state index in [0.717, 1.165) is 11.3 Å². The van der Waals surface area contributed by atoms with Crippen LogP contribution in [0.5, 0.6) is 0 Å². The number of hydrogen-bond acceptors (Lipinski definition) is 4. The van der Waals surface area contributed by atoms with Gasteiger partial charge < -0.3 is 9.30 Å². The molecule has 7 heteroatoms. The molecule has 0 radical (unpaired) electrons. The highest BCUT2D eigenvalue weighted by molar-refractivity contribution is 7.91. The second-order valence-electron chi connectivity index (χ2n) is 5.04. The third-order valence-corrected chi connectivity index (χ3v) is 4.64. The summed E-state index contributed by atoms with van der Waals surface area (Å²) in [5, 5.41) is 0. The molecule has 116 valence electrons. The Morgan fingerprint density at radius 2 is 2.14 bits per heavy atom. The fourth-order valence-corrected chi connectivity index (χ4v) is 3.50. The van der Waals surface area contributed by atoms with E-state index in [-0.39, 0.29) is 10.9 Å². The summed E-state index contributed by atoms with van der Waals surface area (Å²) < 4.78 is 31.1. The number of sulfone groups is 1. The van der Waals surface area contributed by atoms with Gasteiger partial charge >= 0.3 is 0 Å². The number of aromatic nitrogens is 2. The van der Waals surface area contributed by atoms with Gasteiger partial charge in [0, 0.05) is 25.7 Å². The first-order valence-corrected chi connectivity index (χ1v) is 9.07. The van der Waals surface area contributed by atoms with E-state index in [1.807, 2.05) is 17.6 Å². The average Bonchev–Trinajstić information content (AvgIpc) is 2.75. The van der Waals surface area contributed by atoms with E-state index in [1.54, 1.807) is 19.2 Å². The lowest BCUT2D eigenvalue weighted by Gasteiger charge is -2.16. The first-order valence-electron chi connectivity index (χ1n) is 6.65. The SMILES string of the molecule is COCC(C)n1c(CCCl)nc2c(S(C)(=O)=O)cccc21. The topological polar surface area (TPSA) is 61.2 Å². The van der Waals surface area contributed by atoms with E-state index in [4.69, 9.17) is 16.3 Å². The standard InChI is InChI=1S/C14H19ClN2O3S/c1-10(9-20-2)17-11-5-4-6-12(21(3,18)19)14(11)16-13(17)7-8-15/h4-6,10H,7-9H2,1-3H3. The van der Waals surface area contributed by atoms with Crippen LogP contribution in [0, 0.1) is 0 Å². The Labute approximate surface area is 129 Å². The van der Waals surface area contributed by atoms with Crippen molar-refractivity contribution >= 4 is 32.5 Å². The highest BCUT2D eigenvalue weighted by Crippen LogP contribution is 2.27. The molecule has 5 nitrogen and oxygen atoms in total. The van der Waals surface area contributed by atoms with Crippen molar-refractivity contribution in [3.8, 4) is 0 Å². The van der Waals surface area contributed by atoms with E-state index in [0.29, 0.717) is 24.4 Å². The molecule has 1 unspecified atom stereocenters. The van der Waals surface area contributed by atoms with Gasteiger partial charge in [-0.05, 0) is 19.1 Å². The number of aryl methyl sites for hydroxylation is 1. The zero-order chi connectivity index (χ0) is 15.6. The molecule has 0 spiro atoms. The molecule has 0 aliphatic carbocycles. The van der Waals surface area contributed by atoms with Crippen molar-refractivity contribution in [2.24, 2.45) is 0 Å². The molecule has 2 aromatic rings. The number of ether oxygens (including phenoxy) is 1. The van der Waals surface area contributed by atoms with Gasteiger partial charge in [-0.3, -0.25) is 0 Å². The van der Waals surface area contributed by atoms with Crippen LogP contribution in [-0.4, -0.2) is 43.8 Å². The number of hydrogen-bond donors (Lipinski definition) is 0. The zero-order valence-corrected chi connectivity index (χ0v) is 13.9. The number of para-hydroxylation sites is 1. The molecular formula is C14H19ClN2O3S. The minimum Gasteiger partial charge on any atom is -0.383 e. The molecule has 0 fully saturated rings. The summed E-state index contributed by atoms with van der Waals surface area (Å²) in [6.45, 7) is 2.53. The van der Waals surface area contributed by atoms with E-state index < -0.39 is 9.84 Å². The zero-order valence-electron chi connectivity index (χ0n) is 12.3. The molecular weight excluding hydrogens is 312 g/mol. The molecule has 0 aliphatic heterocycles. The number of fused-ring (bicyclic) bond motifs is 1. The first kappa shape index (κ1) is 16.3. The minimum atomic E-state index is -3.33. The molecule has 1 aromatic heterocycles. The molecule has 1 aromatic carbocycles. The van der Waals surface area contributed by atoms with Crippen LogP contribution in [0.15, 0.2) is 23.1 Å². The number of imidazole rings is 1. The molecule has 1 heterocycles. The van der Waals surface area contributed by atoms with Crippen molar-refractivity contribution in [3.05, 3.63) is 24.0 Å². The summed E-state index contributed by atoms with van der Waals surface area (Å²) in [7, 11) is -1.69. The molecule has 2 rings (SSSR count). The second kappa shape index (κ2) is 6.34. The molecule has 0 bridgehead atoms. The van der Waals surface area contributed by atoms with Crippen molar-refractivity contribution < 1.29 is 13.2 Å². The van der Waals surface area contributed by atoms with Gasteiger partial charge in [-0.1, -0.05) is 6.07 Å². The Kier molecular flexibility index (Phi) is 4.91. The minimum absolute atomic E-state index is 0.0491. The van der Waals surface area contributed by atoms with Gasteiger partial charge in [0.05, 0.1) is 23.1 Å². The van der Waals surface area contributed by atoms with Crippen molar-refractivity contribution in [1.29, 1.82) is 0 Å². The fraction of sp³-hybridized carbons (Fsp3) is 0.500. The predicted molar refractivity (Wildman–Crippen MR) is 83.9 cm³/mol. The van der Waals surface area contributed by atoms with Crippen LogP contribution in [0.25, 0.3) is 11.0 Å². The fourth-order valence-electron chi connectivity index (χ4n) is 2.51. The summed E-state index contributed by atoms with van der Waals surface area (Å²) in [5.41, 5.74) is 1.30. The van der Waals surface area contributed by atoms with Crippen LogP contribution in [0.4, 0.5) is 0 Å². The molecule has 0 amide bonds. The summed E-state index contributed by atoms with van der Waals surface area (Å²) in [6.07, 6.45) is 1.77. The maximum absolute atomic E-state index is 11.9. The van der Waals surface area contributed by atoms with E-state index in [9.17, 15) is 8.42 Å². The molecule has 0 saturated carbocycles. The van der Waals surface area contributed by atoms with Crippen LogP contribution >= 0.6 is 11.6 Å². The molecule has 0 saturated heterocycles. The third-order valence-electron chi connectivity index (χ3n) is 3.32. The van der Waals surface area contributed by atoms with Gasteiger partial charge in [0.1, 0.15) is 11.3 Å². The quantitative estimate of drug-likeness (QED) is 0.763. The predicted octanol–water partition coefficient (Wildman–Crippen LogP) is 2.43.